The van der Waals surface area contributed by atoms with E-state index in [0.29, 0.717) is 5.95 Å². The van der Waals surface area contributed by atoms with Crippen LogP contribution >= 0.6 is 0 Å². The topological polar surface area (TPSA) is 53.1 Å². The molecular weight excluding hydrogens is 260 g/mol. The van der Waals surface area contributed by atoms with E-state index in [1.54, 1.807) is 6.21 Å². The monoisotopic (exact) mass is 278 g/mol. The van der Waals surface area contributed by atoms with Crippen molar-refractivity contribution < 1.29 is 0 Å². The van der Waals surface area contributed by atoms with Crippen molar-refractivity contribution in [3.8, 4) is 0 Å². The lowest BCUT2D eigenvalue weighted by molar-refractivity contribution is 1.14. The third-order valence-electron chi connectivity index (χ3n) is 3.41. The fourth-order valence-electron chi connectivity index (χ4n) is 2.18. The van der Waals surface area contributed by atoms with E-state index in [1.807, 2.05) is 12.1 Å². The van der Waals surface area contributed by atoms with Gasteiger partial charge in [0.05, 0.1) is 17.2 Å². The predicted molar refractivity (Wildman–Crippen MR) is 87.9 cm³/mol. The fourth-order valence-corrected chi connectivity index (χ4v) is 2.18. The molecule has 0 atom stereocenters. The van der Waals surface area contributed by atoms with Gasteiger partial charge in [-0.25, -0.2) is 10.4 Å². The predicted octanol–water partition coefficient (Wildman–Crippen LogP) is 3.88. The van der Waals surface area contributed by atoms with Gasteiger partial charge in [0.1, 0.15) is 0 Å². The number of imidazole rings is 1. The van der Waals surface area contributed by atoms with Crippen LogP contribution in [0.25, 0.3) is 11.0 Å². The average molecular weight is 278 g/mol. The van der Waals surface area contributed by atoms with E-state index in [0.717, 1.165) is 23.0 Å². The van der Waals surface area contributed by atoms with E-state index in [2.05, 4.69) is 64.7 Å². The number of aromatic amines is 1. The summed E-state index contributed by atoms with van der Waals surface area (Å²) in [6.07, 6.45) is 2.84. The second-order valence-corrected chi connectivity index (χ2v) is 5.07. The van der Waals surface area contributed by atoms with Gasteiger partial charge in [0.2, 0.25) is 5.95 Å². The Kier molecular flexibility index (Phi) is 3.69. The van der Waals surface area contributed by atoms with Gasteiger partial charge in [-0.2, -0.15) is 5.10 Å². The molecule has 4 heteroatoms. The number of anilines is 1. The number of hydrogen-bond donors (Lipinski definition) is 2. The molecule has 0 aliphatic heterocycles. The Morgan fingerprint density at radius 2 is 2.00 bits per heavy atom. The number of rotatable bonds is 4. The summed E-state index contributed by atoms with van der Waals surface area (Å²) >= 11 is 0. The molecule has 106 valence electrons. The molecule has 3 aromatic rings. The minimum Gasteiger partial charge on any atom is -0.323 e. The van der Waals surface area contributed by atoms with Crippen LogP contribution < -0.4 is 5.43 Å². The van der Waals surface area contributed by atoms with Crippen molar-refractivity contribution in [3.63, 3.8) is 0 Å². The average Bonchev–Trinajstić information content (AvgIpc) is 2.89. The molecule has 0 amide bonds. The van der Waals surface area contributed by atoms with Crippen LogP contribution in [-0.2, 0) is 6.42 Å². The van der Waals surface area contributed by atoms with E-state index in [4.69, 9.17) is 0 Å². The van der Waals surface area contributed by atoms with E-state index in [-0.39, 0.29) is 0 Å². The lowest BCUT2D eigenvalue weighted by Gasteiger charge is -1.97. The van der Waals surface area contributed by atoms with Gasteiger partial charge in [-0.05, 0) is 42.2 Å². The first-order chi connectivity index (χ1) is 10.2. The highest BCUT2D eigenvalue weighted by molar-refractivity contribution is 5.81. The van der Waals surface area contributed by atoms with E-state index >= 15 is 0 Å². The Labute approximate surface area is 123 Å². The summed E-state index contributed by atoms with van der Waals surface area (Å²) in [6.45, 7) is 4.21. The number of aryl methyl sites for hydroxylation is 2. The Balaban J connectivity index is 1.71. The number of hydrazone groups is 1. The first kappa shape index (κ1) is 13.4. The van der Waals surface area contributed by atoms with E-state index < -0.39 is 0 Å². The van der Waals surface area contributed by atoms with Crippen molar-refractivity contribution in [1.29, 1.82) is 0 Å². The molecule has 1 aromatic heterocycles. The Morgan fingerprint density at radius 1 is 1.19 bits per heavy atom. The number of nitrogens with zero attached hydrogens (tertiary/aromatic N) is 2. The zero-order valence-corrected chi connectivity index (χ0v) is 12.2. The van der Waals surface area contributed by atoms with Crippen LogP contribution in [0.1, 0.15) is 23.6 Å². The first-order valence-corrected chi connectivity index (χ1v) is 7.09. The summed E-state index contributed by atoms with van der Waals surface area (Å²) in [5.74, 6) is 0.650. The highest BCUT2D eigenvalue weighted by atomic mass is 15.3. The van der Waals surface area contributed by atoms with Crippen molar-refractivity contribution in [1.82, 2.24) is 9.97 Å². The van der Waals surface area contributed by atoms with Crippen molar-refractivity contribution in [3.05, 3.63) is 59.2 Å². The molecule has 0 saturated heterocycles. The minimum absolute atomic E-state index is 0.650. The lowest BCUT2D eigenvalue weighted by atomic mass is 10.1. The Bertz CT molecular complexity index is 769. The first-order valence-electron chi connectivity index (χ1n) is 7.09. The molecule has 0 fully saturated rings. The van der Waals surface area contributed by atoms with Crippen LogP contribution in [0.4, 0.5) is 5.95 Å². The summed E-state index contributed by atoms with van der Waals surface area (Å²) in [6, 6.07) is 14.5. The summed E-state index contributed by atoms with van der Waals surface area (Å²) in [4.78, 5) is 7.64. The molecule has 0 radical (unpaired) electrons. The maximum absolute atomic E-state index is 4.43. The van der Waals surface area contributed by atoms with Gasteiger partial charge in [-0.15, -0.1) is 0 Å². The number of H-pyrrole nitrogens is 1. The molecule has 1 heterocycles. The van der Waals surface area contributed by atoms with Crippen LogP contribution in [0.3, 0.4) is 0 Å². The third kappa shape index (κ3) is 3.11. The molecule has 3 rings (SSSR count). The number of aromatic nitrogens is 2. The smallest absolute Gasteiger partial charge is 0.222 e. The van der Waals surface area contributed by atoms with Gasteiger partial charge < -0.3 is 4.98 Å². The Morgan fingerprint density at radius 3 is 2.76 bits per heavy atom. The Hall–Kier alpha value is -2.62. The molecule has 0 spiro atoms. The van der Waals surface area contributed by atoms with Gasteiger partial charge in [0.25, 0.3) is 0 Å². The maximum atomic E-state index is 4.43. The highest BCUT2D eigenvalue weighted by Crippen LogP contribution is 2.15. The van der Waals surface area contributed by atoms with Gasteiger partial charge in [0.15, 0.2) is 0 Å². The van der Waals surface area contributed by atoms with Crippen molar-refractivity contribution >= 4 is 23.2 Å². The number of nitrogens with one attached hydrogen (secondary N) is 2. The van der Waals surface area contributed by atoms with Gasteiger partial charge in [-0.3, -0.25) is 0 Å². The summed E-state index contributed by atoms with van der Waals surface area (Å²) < 4.78 is 0. The van der Waals surface area contributed by atoms with E-state index in [9.17, 15) is 0 Å². The zero-order chi connectivity index (χ0) is 14.7. The van der Waals surface area contributed by atoms with Gasteiger partial charge >= 0.3 is 0 Å². The highest BCUT2D eigenvalue weighted by Gasteiger charge is 2.01. The fraction of sp³-hybridized carbons (Fsp3) is 0.176. The third-order valence-corrected chi connectivity index (χ3v) is 3.41. The molecule has 21 heavy (non-hydrogen) atoms. The van der Waals surface area contributed by atoms with Crippen LogP contribution in [0.2, 0.25) is 0 Å². The molecule has 0 unspecified atom stereocenters. The molecular formula is C17H18N4. The largest absolute Gasteiger partial charge is 0.323 e. The summed E-state index contributed by atoms with van der Waals surface area (Å²) in [5, 5.41) is 4.22. The second kappa shape index (κ2) is 5.79. The second-order valence-electron chi connectivity index (χ2n) is 5.07. The molecule has 2 N–H and O–H groups in total. The number of fused-ring (bicyclic) bond motifs is 1. The quantitative estimate of drug-likeness (QED) is 0.562. The van der Waals surface area contributed by atoms with Crippen LogP contribution in [0, 0.1) is 6.92 Å². The van der Waals surface area contributed by atoms with Crippen LogP contribution in [0.15, 0.2) is 47.6 Å². The SMILES string of the molecule is CCc1ccc(/C=N\Nc2nc3ccc(C)cc3[nH]2)cc1. The summed E-state index contributed by atoms with van der Waals surface area (Å²) in [7, 11) is 0. The van der Waals surface area contributed by atoms with Crippen molar-refractivity contribution in [2.24, 2.45) is 5.10 Å². The number of benzene rings is 2. The van der Waals surface area contributed by atoms with Crippen LogP contribution in [-0.4, -0.2) is 16.2 Å². The van der Waals surface area contributed by atoms with Crippen LogP contribution in [0.5, 0.6) is 0 Å². The molecule has 0 aliphatic carbocycles. The van der Waals surface area contributed by atoms with Gasteiger partial charge in [0, 0.05) is 0 Å². The van der Waals surface area contributed by atoms with Gasteiger partial charge in [-0.1, -0.05) is 37.3 Å². The summed E-state index contributed by atoms with van der Waals surface area (Å²) in [5.41, 5.74) is 8.48. The van der Waals surface area contributed by atoms with Crippen molar-refractivity contribution in [2.45, 2.75) is 20.3 Å². The molecule has 4 nitrogen and oxygen atoms in total. The number of hydrogen-bond acceptors (Lipinski definition) is 3. The van der Waals surface area contributed by atoms with E-state index in [1.165, 1.54) is 11.1 Å². The van der Waals surface area contributed by atoms with Crippen molar-refractivity contribution in [2.75, 3.05) is 5.43 Å². The molecule has 2 aromatic carbocycles. The molecule has 0 saturated carbocycles. The lowest BCUT2D eigenvalue weighted by Crippen LogP contribution is -1.92. The minimum atomic E-state index is 0.650. The normalized spacial score (nSPS) is 11.3. The standard InChI is InChI=1S/C17H18N4/c1-3-13-5-7-14(8-6-13)11-18-21-17-19-15-9-4-12(2)10-16(15)20-17/h4-11H,3H2,1-2H3,(H2,19,20,21)/b18-11-. The molecule has 0 aliphatic rings. The maximum Gasteiger partial charge on any atom is 0.222 e. The molecule has 0 bridgehead atoms. The zero-order valence-electron chi connectivity index (χ0n) is 12.2.